The number of aromatic nitrogens is 2. The molecule has 27 heavy (non-hydrogen) atoms. The van der Waals surface area contributed by atoms with E-state index in [9.17, 15) is 31.2 Å². The Morgan fingerprint density at radius 2 is 1.81 bits per heavy atom. The molecular formula is C14H12F3N3O6S. The Hall–Kier alpha value is -3.09. The first kappa shape index (κ1) is 20.2. The van der Waals surface area contributed by atoms with Gasteiger partial charge in [-0.15, -0.1) is 13.2 Å². The summed E-state index contributed by atoms with van der Waals surface area (Å²) in [6, 6.07) is 4.09. The third-order valence-electron chi connectivity index (χ3n) is 2.92. The third kappa shape index (κ3) is 5.70. The summed E-state index contributed by atoms with van der Waals surface area (Å²) in [7, 11) is -2.82. The zero-order valence-electron chi connectivity index (χ0n) is 13.8. The molecule has 13 heteroatoms. The van der Waals surface area contributed by atoms with Gasteiger partial charge in [0.1, 0.15) is 5.75 Å². The van der Waals surface area contributed by atoms with Crippen molar-refractivity contribution in [3.63, 3.8) is 0 Å². The van der Waals surface area contributed by atoms with Gasteiger partial charge in [0.05, 0.1) is 12.5 Å². The van der Waals surface area contributed by atoms with Gasteiger partial charge in [0.25, 0.3) is 11.5 Å². The van der Waals surface area contributed by atoms with Gasteiger partial charge in [-0.05, 0) is 24.3 Å². The van der Waals surface area contributed by atoms with Crippen molar-refractivity contribution in [1.29, 1.82) is 0 Å². The summed E-state index contributed by atoms with van der Waals surface area (Å²) in [5.74, 6) is -2.14. The molecule has 0 aliphatic heterocycles. The van der Waals surface area contributed by atoms with Gasteiger partial charge in [0.15, 0.2) is 11.3 Å². The molecule has 1 heterocycles. The van der Waals surface area contributed by atoms with Crippen LogP contribution in [0.5, 0.6) is 11.5 Å². The van der Waals surface area contributed by atoms with Crippen LogP contribution in [-0.2, 0) is 17.2 Å². The molecule has 0 unspecified atom stereocenters. The van der Waals surface area contributed by atoms with E-state index < -0.39 is 45.0 Å². The molecule has 1 aromatic heterocycles. The molecule has 0 spiro atoms. The number of nitrogens with one attached hydrogen (secondary N) is 1. The Morgan fingerprint density at radius 1 is 1.22 bits per heavy atom. The van der Waals surface area contributed by atoms with Gasteiger partial charge < -0.3 is 14.2 Å². The van der Waals surface area contributed by atoms with Crippen LogP contribution in [0.3, 0.4) is 0 Å². The molecule has 0 atom stereocenters. The monoisotopic (exact) mass is 407 g/mol. The van der Waals surface area contributed by atoms with Gasteiger partial charge in [-0.3, -0.25) is 9.59 Å². The van der Waals surface area contributed by atoms with Crippen LogP contribution < -0.4 is 19.8 Å². The number of anilines is 1. The van der Waals surface area contributed by atoms with Crippen molar-refractivity contribution in [3.8, 4) is 11.5 Å². The summed E-state index contributed by atoms with van der Waals surface area (Å²) in [6.07, 6.45) is -3.28. The molecule has 0 fully saturated rings. The predicted molar refractivity (Wildman–Crippen MR) is 86.0 cm³/mol. The molecule has 0 radical (unpaired) electrons. The quantitative estimate of drug-likeness (QED) is 0.742. The van der Waals surface area contributed by atoms with E-state index in [1.807, 2.05) is 0 Å². The van der Waals surface area contributed by atoms with Gasteiger partial charge in [-0.25, -0.2) is 4.68 Å². The number of alkyl halides is 3. The number of rotatable bonds is 5. The average Bonchev–Trinajstić information content (AvgIpc) is 2.50. The molecule has 1 aromatic carbocycles. The SMILES string of the molecule is Cn1ncc(OS(C)(=O)=O)c(C(=O)Nc2ccc(OC(F)(F)F)cc2)c1=O. The highest BCUT2D eigenvalue weighted by Gasteiger charge is 2.31. The first-order valence-corrected chi connectivity index (χ1v) is 8.80. The smallest absolute Gasteiger partial charge is 0.406 e. The maximum Gasteiger partial charge on any atom is 0.573 e. The summed E-state index contributed by atoms with van der Waals surface area (Å²) in [5.41, 5.74) is -1.56. The molecule has 0 bridgehead atoms. The number of nitrogens with zero attached hydrogens (tertiary/aromatic N) is 2. The molecule has 9 nitrogen and oxygen atoms in total. The van der Waals surface area contributed by atoms with E-state index in [1.165, 1.54) is 7.05 Å². The maximum absolute atomic E-state index is 12.4. The highest BCUT2D eigenvalue weighted by Crippen LogP contribution is 2.24. The Morgan fingerprint density at radius 3 is 2.33 bits per heavy atom. The second-order valence-electron chi connectivity index (χ2n) is 5.13. The predicted octanol–water partition coefficient (Wildman–Crippen LogP) is 1.27. The lowest BCUT2D eigenvalue weighted by Gasteiger charge is -2.11. The van der Waals surface area contributed by atoms with Crippen LogP contribution in [0.2, 0.25) is 0 Å². The zero-order valence-corrected chi connectivity index (χ0v) is 14.6. The van der Waals surface area contributed by atoms with Crippen LogP contribution >= 0.6 is 0 Å². The summed E-state index contributed by atoms with van der Waals surface area (Å²) in [4.78, 5) is 24.5. The lowest BCUT2D eigenvalue weighted by molar-refractivity contribution is -0.274. The van der Waals surface area contributed by atoms with Crippen molar-refractivity contribution in [2.24, 2.45) is 7.05 Å². The van der Waals surface area contributed by atoms with Gasteiger partial charge in [0.2, 0.25) is 0 Å². The van der Waals surface area contributed by atoms with Gasteiger partial charge >= 0.3 is 16.5 Å². The Labute approximate surface area is 150 Å². The van der Waals surface area contributed by atoms with Crippen LogP contribution in [0, 0.1) is 0 Å². The van der Waals surface area contributed by atoms with E-state index in [0.29, 0.717) is 6.26 Å². The summed E-state index contributed by atoms with van der Waals surface area (Å²) < 4.78 is 68.1. The first-order valence-electron chi connectivity index (χ1n) is 6.98. The second kappa shape index (κ2) is 7.26. The molecule has 2 aromatic rings. The maximum atomic E-state index is 12.4. The van der Waals surface area contributed by atoms with E-state index in [4.69, 9.17) is 0 Å². The van der Waals surface area contributed by atoms with Gasteiger partial charge in [-0.2, -0.15) is 13.5 Å². The fourth-order valence-corrected chi connectivity index (χ4v) is 2.34. The molecule has 1 N–H and O–H groups in total. The first-order chi connectivity index (χ1) is 12.4. The Balaban J connectivity index is 2.30. The number of carbonyl (C=O) groups excluding carboxylic acids is 1. The van der Waals surface area contributed by atoms with Crippen molar-refractivity contribution in [2.75, 3.05) is 11.6 Å². The minimum absolute atomic E-state index is 0.0266. The topological polar surface area (TPSA) is 117 Å². The van der Waals surface area contributed by atoms with E-state index in [0.717, 1.165) is 35.1 Å². The lowest BCUT2D eigenvalue weighted by atomic mass is 10.2. The van der Waals surface area contributed by atoms with Crippen LogP contribution in [0.15, 0.2) is 35.3 Å². The largest absolute Gasteiger partial charge is 0.573 e. The fourth-order valence-electron chi connectivity index (χ4n) is 1.89. The van der Waals surface area contributed by atoms with Crippen molar-refractivity contribution in [1.82, 2.24) is 9.78 Å². The zero-order chi connectivity index (χ0) is 20.4. The number of carbonyl (C=O) groups is 1. The number of hydrogen-bond donors (Lipinski definition) is 1. The number of hydrogen-bond acceptors (Lipinski definition) is 7. The Kier molecular flexibility index (Phi) is 5.44. The molecule has 2 rings (SSSR count). The van der Waals surface area contributed by atoms with Crippen molar-refractivity contribution < 1.29 is 35.3 Å². The van der Waals surface area contributed by atoms with Gasteiger partial charge in [-0.1, -0.05) is 0 Å². The lowest BCUT2D eigenvalue weighted by Crippen LogP contribution is -2.30. The van der Waals surface area contributed by atoms with E-state index in [1.54, 1.807) is 0 Å². The van der Waals surface area contributed by atoms with Crippen LogP contribution in [0.25, 0.3) is 0 Å². The van der Waals surface area contributed by atoms with Crippen LogP contribution in [-0.4, -0.2) is 36.7 Å². The van der Waals surface area contributed by atoms with Crippen molar-refractivity contribution in [2.45, 2.75) is 6.36 Å². The molecule has 0 aliphatic carbocycles. The standard InChI is InChI=1S/C14H12F3N3O6S/c1-20-13(22)11(10(7-18-20)26-27(2,23)24)12(21)19-8-3-5-9(6-4-8)25-14(15,16)17/h3-7H,1-2H3,(H,19,21). The number of ether oxygens (including phenoxy) is 1. The molecule has 146 valence electrons. The van der Waals surface area contributed by atoms with E-state index in [2.05, 4.69) is 19.3 Å². The normalized spacial score (nSPS) is 11.7. The summed E-state index contributed by atoms with van der Waals surface area (Å²) >= 11 is 0. The summed E-state index contributed by atoms with van der Waals surface area (Å²) in [5, 5.41) is 5.82. The average molecular weight is 407 g/mol. The molecule has 1 amide bonds. The highest BCUT2D eigenvalue weighted by molar-refractivity contribution is 7.86. The second-order valence-corrected chi connectivity index (χ2v) is 6.70. The van der Waals surface area contributed by atoms with Crippen molar-refractivity contribution >= 4 is 21.7 Å². The van der Waals surface area contributed by atoms with Crippen molar-refractivity contribution in [3.05, 3.63) is 46.4 Å². The fraction of sp³-hybridized carbons (Fsp3) is 0.214. The summed E-state index contributed by atoms with van der Waals surface area (Å²) in [6.45, 7) is 0. The molecule has 0 aliphatic rings. The van der Waals surface area contributed by atoms with Crippen LogP contribution in [0.1, 0.15) is 10.4 Å². The number of aryl methyl sites for hydroxylation is 1. The molecular weight excluding hydrogens is 395 g/mol. The minimum Gasteiger partial charge on any atom is -0.406 e. The van der Waals surface area contributed by atoms with Crippen LogP contribution in [0.4, 0.5) is 18.9 Å². The highest BCUT2D eigenvalue weighted by atomic mass is 32.2. The van der Waals surface area contributed by atoms with Gasteiger partial charge in [0, 0.05) is 12.7 Å². The van der Waals surface area contributed by atoms with E-state index >= 15 is 0 Å². The third-order valence-corrected chi connectivity index (χ3v) is 3.40. The molecule has 0 saturated carbocycles. The van der Waals surface area contributed by atoms with E-state index in [-0.39, 0.29) is 5.69 Å². The minimum atomic E-state index is -4.87. The number of halogens is 3. The Bertz CT molecular complexity index is 1020. The number of amides is 1. The number of benzene rings is 1. The molecule has 0 saturated heterocycles.